The molecule has 0 saturated heterocycles. The molecule has 0 saturated carbocycles. The van der Waals surface area contributed by atoms with Gasteiger partial charge in [0.15, 0.2) is 0 Å². The summed E-state index contributed by atoms with van der Waals surface area (Å²) in [6.07, 6.45) is 3.51. The summed E-state index contributed by atoms with van der Waals surface area (Å²) in [7, 11) is 3.29. The molecule has 5 nitrogen and oxygen atoms in total. The SMILES string of the molecule is COC(=O)c1cc(N(C)Cc2ccncc2)ccc1N. The largest absolute Gasteiger partial charge is 0.465 e. The summed E-state index contributed by atoms with van der Waals surface area (Å²) in [5.41, 5.74) is 8.62. The summed E-state index contributed by atoms with van der Waals surface area (Å²) in [6, 6.07) is 9.24. The molecule has 0 bridgehead atoms. The maximum Gasteiger partial charge on any atom is 0.340 e. The zero-order chi connectivity index (χ0) is 14.5. The molecule has 0 amide bonds. The van der Waals surface area contributed by atoms with Gasteiger partial charge in [0.2, 0.25) is 0 Å². The first-order valence-electron chi connectivity index (χ1n) is 6.19. The molecule has 1 aromatic carbocycles. The van der Waals surface area contributed by atoms with Crippen LogP contribution in [0.1, 0.15) is 15.9 Å². The molecule has 0 fully saturated rings. The first-order valence-corrected chi connectivity index (χ1v) is 6.19. The second-order valence-corrected chi connectivity index (χ2v) is 4.47. The number of rotatable bonds is 4. The maximum absolute atomic E-state index is 11.6. The summed E-state index contributed by atoms with van der Waals surface area (Å²) in [6.45, 7) is 0.715. The van der Waals surface area contributed by atoms with Gasteiger partial charge >= 0.3 is 5.97 Å². The molecule has 2 rings (SSSR count). The molecule has 0 unspecified atom stereocenters. The highest BCUT2D eigenvalue weighted by Crippen LogP contribution is 2.22. The number of methoxy groups -OCH3 is 1. The molecule has 0 atom stereocenters. The molecule has 20 heavy (non-hydrogen) atoms. The number of ether oxygens (including phenoxy) is 1. The third-order valence-corrected chi connectivity index (χ3v) is 3.05. The van der Waals surface area contributed by atoms with Crippen LogP contribution in [0, 0.1) is 0 Å². The molecular formula is C15H17N3O2. The smallest absolute Gasteiger partial charge is 0.340 e. The number of hydrogen-bond donors (Lipinski definition) is 1. The molecule has 1 aromatic heterocycles. The fourth-order valence-corrected chi connectivity index (χ4v) is 1.92. The minimum Gasteiger partial charge on any atom is -0.465 e. The Morgan fingerprint density at radius 1 is 1.30 bits per heavy atom. The lowest BCUT2D eigenvalue weighted by Crippen LogP contribution is -2.17. The molecule has 0 aliphatic carbocycles. The van der Waals surface area contributed by atoms with Crippen molar-refractivity contribution in [2.75, 3.05) is 24.8 Å². The van der Waals surface area contributed by atoms with E-state index in [1.165, 1.54) is 7.11 Å². The number of pyridine rings is 1. The average Bonchev–Trinajstić information content (AvgIpc) is 2.48. The van der Waals surface area contributed by atoms with E-state index in [4.69, 9.17) is 10.5 Å². The van der Waals surface area contributed by atoms with Crippen molar-refractivity contribution >= 4 is 17.3 Å². The number of nitrogen functional groups attached to an aromatic ring is 1. The summed E-state index contributed by atoms with van der Waals surface area (Å²) < 4.78 is 4.72. The van der Waals surface area contributed by atoms with E-state index in [1.54, 1.807) is 24.5 Å². The second kappa shape index (κ2) is 6.06. The van der Waals surface area contributed by atoms with Crippen molar-refractivity contribution < 1.29 is 9.53 Å². The Morgan fingerprint density at radius 2 is 2.00 bits per heavy atom. The van der Waals surface area contributed by atoms with E-state index in [1.807, 2.05) is 30.1 Å². The fraction of sp³-hybridized carbons (Fsp3) is 0.200. The highest BCUT2D eigenvalue weighted by Gasteiger charge is 2.12. The third-order valence-electron chi connectivity index (χ3n) is 3.05. The lowest BCUT2D eigenvalue weighted by atomic mass is 10.1. The Labute approximate surface area is 118 Å². The van der Waals surface area contributed by atoms with Gasteiger partial charge in [-0.2, -0.15) is 0 Å². The topological polar surface area (TPSA) is 68.5 Å². The minimum atomic E-state index is -0.429. The number of benzene rings is 1. The van der Waals surface area contributed by atoms with Crippen LogP contribution in [0.2, 0.25) is 0 Å². The van der Waals surface area contributed by atoms with E-state index in [2.05, 4.69) is 4.98 Å². The first-order chi connectivity index (χ1) is 9.61. The Hall–Kier alpha value is -2.56. The lowest BCUT2D eigenvalue weighted by Gasteiger charge is -2.20. The maximum atomic E-state index is 11.6. The van der Waals surface area contributed by atoms with Crippen molar-refractivity contribution in [3.63, 3.8) is 0 Å². The number of hydrogen-bond acceptors (Lipinski definition) is 5. The summed E-state index contributed by atoms with van der Waals surface area (Å²) in [4.78, 5) is 17.7. The normalized spacial score (nSPS) is 10.1. The monoisotopic (exact) mass is 271 g/mol. The van der Waals surface area contributed by atoms with Gasteiger partial charge in [-0.15, -0.1) is 0 Å². The Kier molecular flexibility index (Phi) is 4.20. The zero-order valence-corrected chi connectivity index (χ0v) is 11.5. The van der Waals surface area contributed by atoms with E-state index in [-0.39, 0.29) is 0 Å². The van der Waals surface area contributed by atoms with Gasteiger partial charge in [-0.3, -0.25) is 4.98 Å². The van der Waals surface area contributed by atoms with Crippen molar-refractivity contribution in [3.05, 3.63) is 53.9 Å². The van der Waals surface area contributed by atoms with E-state index in [0.717, 1.165) is 11.3 Å². The predicted octanol–water partition coefficient (Wildman–Crippen LogP) is 2.09. The molecule has 0 aliphatic heterocycles. The number of nitrogens with zero attached hydrogens (tertiary/aromatic N) is 2. The number of carbonyl (C=O) groups excluding carboxylic acids is 1. The van der Waals surface area contributed by atoms with Gasteiger partial charge in [-0.1, -0.05) is 0 Å². The number of anilines is 2. The van der Waals surface area contributed by atoms with Crippen LogP contribution in [0.3, 0.4) is 0 Å². The van der Waals surface area contributed by atoms with Crippen LogP contribution in [-0.4, -0.2) is 25.1 Å². The van der Waals surface area contributed by atoms with Crippen LogP contribution < -0.4 is 10.6 Å². The van der Waals surface area contributed by atoms with Crippen molar-refractivity contribution in [3.8, 4) is 0 Å². The van der Waals surface area contributed by atoms with Crippen molar-refractivity contribution in [1.82, 2.24) is 4.98 Å². The van der Waals surface area contributed by atoms with Crippen LogP contribution in [-0.2, 0) is 11.3 Å². The fourth-order valence-electron chi connectivity index (χ4n) is 1.92. The minimum absolute atomic E-state index is 0.381. The van der Waals surface area contributed by atoms with Crippen molar-refractivity contribution in [2.45, 2.75) is 6.54 Å². The summed E-state index contributed by atoms with van der Waals surface area (Å²) in [5, 5.41) is 0. The standard InChI is InChI=1S/C15H17N3O2/c1-18(10-11-5-7-17-8-6-11)12-3-4-14(16)13(9-12)15(19)20-2/h3-9H,10,16H2,1-2H3. The van der Waals surface area contributed by atoms with E-state index < -0.39 is 5.97 Å². The molecular weight excluding hydrogens is 254 g/mol. The highest BCUT2D eigenvalue weighted by molar-refractivity contribution is 5.96. The molecule has 0 spiro atoms. The van der Waals surface area contributed by atoms with Gasteiger partial charge in [0.25, 0.3) is 0 Å². The summed E-state index contributed by atoms with van der Waals surface area (Å²) >= 11 is 0. The van der Waals surface area contributed by atoms with Gasteiger partial charge in [0.05, 0.1) is 12.7 Å². The predicted molar refractivity (Wildman–Crippen MR) is 78.5 cm³/mol. The molecule has 5 heteroatoms. The number of nitrogens with two attached hydrogens (primary N) is 1. The molecule has 0 radical (unpaired) electrons. The molecule has 1 heterocycles. The van der Waals surface area contributed by atoms with Gasteiger partial charge in [-0.25, -0.2) is 4.79 Å². The number of carbonyl (C=O) groups is 1. The highest BCUT2D eigenvalue weighted by atomic mass is 16.5. The van der Waals surface area contributed by atoms with E-state index >= 15 is 0 Å². The van der Waals surface area contributed by atoms with E-state index in [9.17, 15) is 4.79 Å². The third kappa shape index (κ3) is 3.06. The molecule has 2 aromatic rings. The van der Waals surface area contributed by atoms with Crippen LogP contribution in [0.5, 0.6) is 0 Å². The lowest BCUT2D eigenvalue weighted by molar-refractivity contribution is 0.0602. The first kappa shape index (κ1) is 13.9. The van der Waals surface area contributed by atoms with Gasteiger partial charge in [-0.05, 0) is 35.9 Å². The van der Waals surface area contributed by atoms with Crippen molar-refractivity contribution in [1.29, 1.82) is 0 Å². The van der Waals surface area contributed by atoms with Gasteiger partial charge < -0.3 is 15.4 Å². The summed E-state index contributed by atoms with van der Waals surface area (Å²) in [5.74, 6) is -0.429. The zero-order valence-electron chi connectivity index (χ0n) is 11.5. The molecule has 2 N–H and O–H groups in total. The second-order valence-electron chi connectivity index (χ2n) is 4.47. The van der Waals surface area contributed by atoms with Crippen LogP contribution in [0.15, 0.2) is 42.7 Å². The number of esters is 1. The van der Waals surface area contributed by atoms with Gasteiger partial charge in [0, 0.05) is 37.4 Å². The quantitative estimate of drug-likeness (QED) is 0.681. The molecule has 0 aliphatic rings. The Bertz CT molecular complexity index is 599. The number of aromatic nitrogens is 1. The van der Waals surface area contributed by atoms with E-state index in [0.29, 0.717) is 17.8 Å². The molecule has 104 valence electrons. The Balaban J connectivity index is 2.22. The van der Waals surface area contributed by atoms with Crippen molar-refractivity contribution in [2.24, 2.45) is 0 Å². The Morgan fingerprint density at radius 3 is 2.65 bits per heavy atom. The van der Waals surface area contributed by atoms with Crippen LogP contribution >= 0.6 is 0 Å². The average molecular weight is 271 g/mol. The van der Waals surface area contributed by atoms with Gasteiger partial charge in [0.1, 0.15) is 0 Å². The van der Waals surface area contributed by atoms with Crippen LogP contribution in [0.4, 0.5) is 11.4 Å². The van der Waals surface area contributed by atoms with Crippen LogP contribution in [0.25, 0.3) is 0 Å².